The fraction of sp³-hybridized carbons (Fsp3) is 0.421. The van der Waals surface area contributed by atoms with Crippen molar-refractivity contribution in [1.29, 1.82) is 0 Å². The van der Waals surface area contributed by atoms with Crippen molar-refractivity contribution in [2.24, 2.45) is 0 Å². The van der Waals surface area contributed by atoms with Crippen LogP contribution in [-0.2, 0) is 16.1 Å². The molecule has 5 heteroatoms. The van der Waals surface area contributed by atoms with Gasteiger partial charge in [-0.1, -0.05) is 30.3 Å². The summed E-state index contributed by atoms with van der Waals surface area (Å²) >= 11 is 0. The minimum Gasteiger partial charge on any atom is -0.496 e. The number of methoxy groups -OCH3 is 1. The predicted molar refractivity (Wildman–Crippen MR) is 94.2 cm³/mol. The van der Waals surface area contributed by atoms with Crippen LogP contribution in [0, 0.1) is 0 Å². The Morgan fingerprint density at radius 2 is 2.04 bits per heavy atom. The van der Waals surface area contributed by atoms with Gasteiger partial charge in [-0.2, -0.15) is 0 Å². The van der Waals surface area contributed by atoms with Crippen molar-refractivity contribution in [3.8, 4) is 5.75 Å². The van der Waals surface area contributed by atoms with Crippen LogP contribution in [0.25, 0.3) is 10.8 Å². The number of ether oxygens (including phenoxy) is 2. The molecular weight excluding hydrogens is 304 g/mol. The lowest BCUT2D eigenvalue weighted by Gasteiger charge is -2.39. The second kappa shape index (κ2) is 6.79. The Labute approximate surface area is 142 Å². The summed E-state index contributed by atoms with van der Waals surface area (Å²) in [4.78, 5) is 14.4. The fourth-order valence-corrected chi connectivity index (χ4v) is 3.38. The average molecular weight is 328 g/mol. The lowest BCUT2D eigenvalue weighted by atomic mass is 10.00. The molecule has 2 aromatic rings. The van der Waals surface area contributed by atoms with Gasteiger partial charge < -0.3 is 14.8 Å². The first-order valence-electron chi connectivity index (χ1n) is 8.20. The van der Waals surface area contributed by atoms with Gasteiger partial charge in [-0.05, 0) is 23.9 Å². The third-order valence-electron chi connectivity index (χ3n) is 4.65. The molecule has 5 nitrogen and oxygen atoms in total. The van der Waals surface area contributed by atoms with Crippen LogP contribution in [0.3, 0.4) is 0 Å². The Balaban J connectivity index is 1.86. The first-order chi connectivity index (χ1) is 11.6. The van der Waals surface area contributed by atoms with E-state index >= 15 is 0 Å². The zero-order valence-electron chi connectivity index (χ0n) is 14.5. The van der Waals surface area contributed by atoms with E-state index in [1.165, 1.54) is 10.9 Å². The SMILES string of the molecule is CNC(=O)[C@@]1(C)CN(Cc2ccc(OC)c3ccccc23)CCO1. The number of hydrogen-bond acceptors (Lipinski definition) is 4. The van der Waals surface area contributed by atoms with E-state index in [1.54, 1.807) is 14.2 Å². The third kappa shape index (κ3) is 3.09. The van der Waals surface area contributed by atoms with Crippen molar-refractivity contribution in [2.45, 2.75) is 19.1 Å². The van der Waals surface area contributed by atoms with E-state index in [1.807, 2.05) is 25.1 Å². The maximum atomic E-state index is 12.1. The van der Waals surface area contributed by atoms with E-state index in [9.17, 15) is 4.79 Å². The van der Waals surface area contributed by atoms with Gasteiger partial charge in [-0.25, -0.2) is 0 Å². The van der Waals surface area contributed by atoms with Gasteiger partial charge in [-0.15, -0.1) is 0 Å². The molecule has 1 fully saturated rings. The number of morpholine rings is 1. The van der Waals surface area contributed by atoms with Gasteiger partial charge >= 0.3 is 0 Å². The number of carbonyl (C=O) groups is 1. The van der Waals surface area contributed by atoms with Gasteiger partial charge in [0.05, 0.1) is 13.7 Å². The van der Waals surface area contributed by atoms with Crippen LogP contribution in [0.15, 0.2) is 36.4 Å². The van der Waals surface area contributed by atoms with Crippen molar-refractivity contribution in [1.82, 2.24) is 10.2 Å². The van der Waals surface area contributed by atoms with Crippen molar-refractivity contribution in [3.05, 3.63) is 42.0 Å². The molecule has 0 spiro atoms. The molecule has 0 aliphatic carbocycles. The number of benzene rings is 2. The second-order valence-corrected chi connectivity index (χ2v) is 6.34. The standard InChI is InChI=1S/C19H24N2O3/c1-19(18(22)20-2)13-21(10-11-24-19)12-14-8-9-17(23-3)16-7-5-4-6-15(14)16/h4-9H,10-13H2,1-3H3,(H,20,22)/t19-/m1/s1. The summed E-state index contributed by atoms with van der Waals surface area (Å²) in [5, 5.41) is 4.99. The lowest BCUT2D eigenvalue weighted by Crippen LogP contribution is -2.57. The number of likely N-dealkylation sites (N-methyl/N-ethyl adjacent to an activating group) is 1. The second-order valence-electron chi connectivity index (χ2n) is 6.34. The average Bonchev–Trinajstić information content (AvgIpc) is 2.61. The molecule has 2 aromatic carbocycles. The quantitative estimate of drug-likeness (QED) is 0.935. The molecule has 3 rings (SSSR count). The summed E-state index contributed by atoms with van der Waals surface area (Å²) in [7, 11) is 3.34. The lowest BCUT2D eigenvalue weighted by molar-refractivity contribution is -0.156. The van der Waals surface area contributed by atoms with Crippen molar-refractivity contribution < 1.29 is 14.3 Å². The van der Waals surface area contributed by atoms with E-state index in [-0.39, 0.29) is 5.91 Å². The van der Waals surface area contributed by atoms with E-state index < -0.39 is 5.60 Å². The summed E-state index contributed by atoms with van der Waals surface area (Å²) in [6.07, 6.45) is 0. The maximum absolute atomic E-state index is 12.1. The van der Waals surface area contributed by atoms with Crippen LogP contribution in [-0.4, -0.2) is 50.3 Å². The monoisotopic (exact) mass is 328 g/mol. The summed E-state index contributed by atoms with van der Waals surface area (Å²) in [5.74, 6) is 0.804. The molecule has 128 valence electrons. The van der Waals surface area contributed by atoms with Crippen LogP contribution >= 0.6 is 0 Å². The van der Waals surface area contributed by atoms with E-state index in [0.717, 1.165) is 24.2 Å². The molecule has 24 heavy (non-hydrogen) atoms. The molecule has 1 N–H and O–H groups in total. The molecule has 0 radical (unpaired) electrons. The number of hydrogen-bond donors (Lipinski definition) is 1. The number of amides is 1. The number of rotatable bonds is 4. The Morgan fingerprint density at radius 1 is 1.29 bits per heavy atom. The van der Waals surface area contributed by atoms with Crippen molar-refractivity contribution >= 4 is 16.7 Å². The minimum absolute atomic E-state index is 0.0770. The normalized spacial score (nSPS) is 21.6. The first-order valence-corrected chi connectivity index (χ1v) is 8.20. The highest BCUT2D eigenvalue weighted by molar-refractivity contribution is 5.91. The van der Waals surface area contributed by atoms with Crippen LogP contribution in [0.1, 0.15) is 12.5 Å². The van der Waals surface area contributed by atoms with Crippen LogP contribution < -0.4 is 10.1 Å². The van der Waals surface area contributed by atoms with Crippen molar-refractivity contribution in [2.75, 3.05) is 33.9 Å². The van der Waals surface area contributed by atoms with Crippen LogP contribution in [0.2, 0.25) is 0 Å². The summed E-state index contributed by atoms with van der Waals surface area (Å²) in [6, 6.07) is 12.4. The highest BCUT2D eigenvalue weighted by atomic mass is 16.5. The fourth-order valence-electron chi connectivity index (χ4n) is 3.38. The molecule has 0 saturated carbocycles. The molecule has 1 amide bonds. The van der Waals surface area contributed by atoms with E-state index in [0.29, 0.717) is 13.2 Å². The number of fused-ring (bicyclic) bond motifs is 1. The molecule has 1 aliphatic heterocycles. The van der Waals surface area contributed by atoms with E-state index in [4.69, 9.17) is 9.47 Å². The molecule has 1 aliphatic rings. The Bertz CT molecular complexity index is 746. The largest absolute Gasteiger partial charge is 0.496 e. The maximum Gasteiger partial charge on any atom is 0.253 e. The minimum atomic E-state index is -0.796. The van der Waals surface area contributed by atoms with Gasteiger partial charge in [0.1, 0.15) is 5.75 Å². The number of carbonyl (C=O) groups excluding carboxylic acids is 1. The van der Waals surface area contributed by atoms with Crippen LogP contribution in [0.5, 0.6) is 5.75 Å². The highest BCUT2D eigenvalue weighted by Crippen LogP contribution is 2.30. The van der Waals surface area contributed by atoms with Gasteiger partial charge in [0.25, 0.3) is 5.91 Å². The summed E-state index contributed by atoms with van der Waals surface area (Å²) in [6.45, 7) is 4.57. The number of nitrogens with one attached hydrogen (secondary N) is 1. The molecular formula is C19H24N2O3. The Kier molecular flexibility index (Phi) is 4.73. The van der Waals surface area contributed by atoms with Gasteiger partial charge in [-0.3, -0.25) is 9.69 Å². The molecule has 1 saturated heterocycles. The van der Waals surface area contributed by atoms with Crippen molar-refractivity contribution in [3.63, 3.8) is 0 Å². The van der Waals surface area contributed by atoms with Gasteiger partial charge in [0.15, 0.2) is 5.60 Å². The Hall–Kier alpha value is -2.11. The third-order valence-corrected chi connectivity index (χ3v) is 4.65. The molecule has 0 unspecified atom stereocenters. The summed E-state index contributed by atoms with van der Waals surface area (Å²) in [5.41, 5.74) is 0.433. The highest BCUT2D eigenvalue weighted by Gasteiger charge is 2.38. The molecule has 1 atom stereocenters. The smallest absolute Gasteiger partial charge is 0.253 e. The van der Waals surface area contributed by atoms with Gasteiger partial charge in [0.2, 0.25) is 0 Å². The molecule has 0 aromatic heterocycles. The number of nitrogens with zero attached hydrogens (tertiary/aromatic N) is 1. The molecule has 1 heterocycles. The zero-order chi connectivity index (χ0) is 17.2. The predicted octanol–water partition coefficient (Wildman–Crippen LogP) is 2.19. The zero-order valence-corrected chi connectivity index (χ0v) is 14.5. The topological polar surface area (TPSA) is 50.8 Å². The van der Waals surface area contributed by atoms with E-state index in [2.05, 4.69) is 28.4 Å². The van der Waals surface area contributed by atoms with Gasteiger partial charge in [0, 0.05) is 32.1 Å². The first kappa shape index (κ1) is 16.7. The van der Waals surface area contributed by atoms with Crippen LogP contribution in [0.4, 0.5) is 0 Å². The summed E-state index contributed by atoms with van der Waals surface area (Å²) < 4.78 is 11.2. The molecule has 0 bridgehead atoms. The Morgan fingerprint density at radius 3 is 2.75 bits per heavy atom.